The van der Waals surface area contributed by atoms with Crippen LogP contribution in [0.4, 0.5) is 11.5 Å². The molecule has 0 radical (unpaired) electrons. The molecule has 3 rings (SSSR count). The van der Waals surface area contributed by atoms with E-state index in [0.29, 0.717) is 12.0 Å². The molecule has 0 aromatic carbocycles. The average Bonchev–Trinajstić information content (AvgIpc) is 2.95. The van der Waals surface area contributed by atoms with Crippen LogP contribution in [0.5, 0.6) is 0 Å². The molecule has 2 unspecified atom stereocenters. The highest BCUT2D eigenvalue weighted by atomic mass is 16.5. The van der Waals surface area contributed by atoms with Crippen LogP contribution in [0.25, 0.3) is 0 Å². The van der Waals surface area contributed by atoms with E-state index < -0.39 is 0 Å². The van der Waals surface area contributed by atoms with Gasteiger partial charge in [0.25, 0.3) is 0 Å². The molecule has 5 heteroatoms. The summed E-state index contributed by atoms with van der Waals surface area (Å²) in [7, 11) is 0. The van der Waals surface area contributed by atoms with Gasteiger partial charge in [-0.2, -0.15) is 5.10 Å². The van der Waals surface area contributed by atoms with Gasteiger partial charge in [-0.3, -0.25) is 0 Å². The third-order valence-corrected chi connectivity index (χ3v) is 4.24. The number of aromatic nitrogens is 2. The lowest BCUT2D eigenvalue weighted by atomic mass is 10.0. The zero-order valence-electron chi connectivity index (χ0n) is 12.1. The van der Waals surface area contributed by atoms with Crippen molar-refractivity contribution < 1.29 is 4.74 Å². The zero-order valence-corrected chi connectivity index (χ0v) is 12.1. The number of hydrogen-bond donors (Lipinski definition) is 1. The standard InChI is InChI=1S/C14H24N4O/c1-4-6-17-12-9-19-8-11(12)7-15-13-10(3)16-18(5-2)14(13)17/h11-12,15H,4-9H2,1-3H3. The van der Waals surface area contributed by atoms with Crippen molar-refractivity contribution >= 4 is 11.5 Å². The van der Waals surface area contributed by atoms with Crippen molar-refractivity contribution in [3.05, 3.63) is 5.69 Å². The monoisotopic (exact) mass is 264 g/mol. The van der Waals surface area contributed by atoms with Crippen molar-refractivity contribution in [1.29, 1.82) is 0 Å². The SMILES string of the molecule is CCCN1c2c(c(C)nn2CC)NCC2COCC21. The normalized spacial score (nSPS) is 25.7. The second kappa shape index (κ2) is 5.04. The fourth-order valence-corrected chi connectivity index (χ4v) is 3.32. The molecule has 0 bridgehead atoms. The van der Waals surface area contributed by atoms with Gasteiger partial charge in [0.05, 0.1) is 24.9 Å². The van der Waals surface area contributed by atoms with Crippen molar-refractivity contribution in [2.45, 2.75) is 39.8 Å². The van der Waals surface area contributed by atoms with E-state index in [1.54, 1.807) is 0 Å². The molecule has 19 heavy (non-hydrogen) atoms. The van der Waals surface area contributed by atoms with Crippen LogP contribution in [0.15, 0.2) is 0 Å². The quantitative estimate of drug-likeness (QED) is 0.905. The smallest absolute Gasteiger partial charge is 0.151 e. The highest BCUT2D eigenvalue weighted by molar-refractivity contribution is 5.71. The van der Waals surface area contributed by atoms with E-state index in [9.17, 15) is 0 Å². The first-order valence-corrected chi connectivity index (χ1v) is 7.41. The van der Waals surface area contributed by atoms with E-state index in [4.69, 9.17) is 4.74 Å². The Morgan fingerprint density at radius 3 is 2.95 bits per heavy atom. The first kappa shape index (κ1) is 12.8. The molecule has 106 valence electrons. The van der Waals surface area contributed by atoms with Crippen LogP contribution < -0.4 is 10.2 Å². The van der Waals surface area contributed by atoms with Gasteiger partial charge in [0, 0.05) is 25.6 Å². The van der Waals surface area contributed by atoms with Crippen LogP contribution in [0.2, 0.25) is 0 Å². The molecular formula is C14H24N4O. The maximum Gasteiger partial charge on any atom is 0.151 e. The third-order valence-electron chi connectivity index (χ3n) is 4.24. The van der Waals surface area contributed by atoms with Crippen LogP contribution in [0.3, 0.4) is 0 Å². The van der Waals surface area contributed by atoms with E-state index in [2.05, 4.69) is 40.8 Å². The van der Waals surface area contributed by atoms with Gasteiger partial charge >= 0.3 is 0 Å². The Balaban J connectivity index is 2.06. The molecule has 0 saturated carbocycles. The van der Waals surface area contributed by atoms with Gasteiger partial charge in [-0.25, -0.2) is 4.68 Å². The van der Waals surface area contributed by atoms with Crippen molar-refractivity contribution in [3.8, 4) is 0 Å². The third kappa shape index (κ3) is 2.00. The number of nitrogens with one attached hydrogen (secondary N) is 1. The number of fused-ring (bicyclic) bond motifs is 2. The molecule has 1 aromatic heterocycles. The van der Waals surface area contributed by atoms with Crippen LogP contribution >= 0.6 is 0 Å². The number of aryl methyl sites for hydroxylation is 2. The largest absolute Gasteiger partial charge is 0.380 e. The van der Waals surface area contributed by atoms with Crippen molar-refractivity contribution in [1.82, 2.24) is 9.78 Å². The summed E-state index contributed by atoms with van der Waals surface area (Å²) in [5, 5.41) is 8.27. The lowest BCUT2D eigenvalue weighted by Gasteiger charge is -2.31. The molecule has 1 saturated heterocycles. The molecule has 0 amide bonds. The van der Waals surface area contributed by atoms with E-state index in [0.717, 1.165) is 45.0 Å². The Bertz CT molecular complexity index is 457. The fourth-order valence-electron chi connectivity index (χ4n) is 3.32. The summed E-state index contributed by atoms with van der Waals surface area (Å²) in [5.74, 6) is 1.85. The molecule has 2 aliphatic heterocycles. The zero-order chi connectivity index (χ0) is 13.4. The van der Waals surface area contributed by atoms with Gasteiger partial charge in [-0.05, 0) is 20.3 Å². The Labute approximate surface area is 114 Å². The number of nitrogens with zero attached hydrogens (tertiary/aromatic N) is 3. The topological polar surface area (TPSA) is 42.3 Å². The molecule has 3 heterocycles. The molecule has 1 fully saturated rings. The molecule has 2 aliphatic rings. The van der Waals surface area contributed by atoms with Gasteiger partial charge in [0.15, 0.2) is 5.82 Å². The summed E-state index contributed by atoms with van der Waals surface area (Å²) < 4.78 is 7.84. The summed E-state index contributed by atoms with van der Waals surface area (Å²) in [6.07, 6.45) is 1.15. The number of anilines is 2. The van der Waals surface area contributed by atoms with Crippen LogP contribution in [0.1, 0.15) is 26.0 Å². The van der Waals surface area contributed by atoms with E-state index in [-0.39, 0.29) is 0 Å². The summed E-state index contributed by atoms with van der Waals surface area (Å²) in [4.78, 5) is 2.52. The molecular weight excluding hydrogens is 240 g/mol. The minimum absolute atomic E-state index is 0.495. The molecule has 1 N–H and O–H groups in total. The van der Waals surface area contributed by atoms with Crippen molar-refractivity contribution in [2.24, 2.45) is 5.92 Å². The second-order valence-electron chi connectivity index (χ2n) is 5.54. The summed E-state index contributed by atoms with van der Waals surface area (Å²) in [6, 6.07) is 0.495. The predicted molar refractivity (Wildman–Crippen MR) is 76.9 cm³/mol. The first-order chi connectivity index (χ1) is 9.26. The van der Waals surface area contributed by atoms with E-state index >= 15 is 0 Å². The Kier molecular flexibility index (Phi) is 3.39. The molecule has 0 aliphatic carbocycles. The number of rotatable bonds is 3. The lowest BCUT2D eigenvalue weighted by molar-refractivity contribution is 0.185. The van der Waals surface area contributed by atoms with E-state index in [1.165, 1.54) is 11.5 Å². The van der Waals surface area contributed by atoms with Gasteiger partial charge in [-0.1, -0.05) is 6.92 Å². The van der Waals surface area contributed by atoms with Gasteiger partial charge in [0.1, 0.15) is 5.69 Å². The summed E-state index contributed by atoms with van der Waals surface area (Å²) in [6.45, 7) is 11.2. The Hall–Kier alpha value is -1.23. The maximum atomic E-state index is 5.71. The van der Waals surface area contributed by atoms with Crippen LogP contribution in [-0.2, 0) is 11.3 Å². The number of hydrogen-bond acceptors (Lipinski definition) is 4. The van der Waals surface area contributed by atoms with Gasteiger partial charge in [-0.15, -0.1) is 0 Å². The molecule has 0 spiro atoms. The first-order valence-electron chi connectivity index (χ1n) is 7.41. The highest BCUT2D eigenvalue weighted by Crippen LogP contribution is 2.37. The highest BCUT2D eigenvalue weighted by Gasteiger charge is 2.38. The predicted octanol–water partition coefficient (Wildman–Crippen LogP) is 1.87. The fraction of sp³-hybridized carbons (Fsp3) is 0.786. The van der Waals surface area contributed by atoms with Gasteiger partial charge < -0.3 is 15.0 Å². The van der Waals surface area contributed by atoms with Crippen molar-refractivity contribution in [2.75, 3.05) is 36.5 Å². The number of ether oxygens (including phenoxy) is 1. The summed E-state index contributed by atoms with van der Waals surface area (Å²) >= 11 is 0. The molecule has 2 atom stereocenters. The minimum Gasteiger partial charge on any atom is -0.380 e. The molecule has 1 aromatic rings. The van der Waals surface area contributed by atoms with E-state index in [1.807, 2.05) is 0 Å². The molecule has 5 nitrogen and oxygen atoms in total. The van der Waals surface area contributed by atoms with Gasteiger partial charge in [0.2, 0.25) is 0 Å². The van der Waals surface area contributed by atoms with Crippen molar-refractivity contribution in [3.63, 3.8) is 0 Å². The maximum absolute atomic E-state index is 5.71. The average molecular weight is 264 g/mol. The lowest BCUT2D eigenvalue weighted by Crippen LogP contribution is -2.42. The second-order valence-corrected chi connectivity index (χ2v) is 5.54. The summed E-state index contributed by atoms with van der Waals surface area (Å²) in [5.41, 5.74) is 2.34. The Morgan fingerprint density at radius 2 is 2.21 bits per heavy atom. The van der Waals surface area contributed by atoms with Crippen LogP contribution in [-0.4, -0.2) is 42.1 Å². The minimum atomic E-state index is 0.495. The van der Waals surface area contributed by atoms with Crippen LogP contribution in [0, 0.1) is 12.8 Å². The Morgan fingerprint density at radius 1 is 1.37 bits per heavy atom.